The highest BCUT2D eigenvalue weighted by Crippen LogP contribution is 2.30. The lowest BCUT2D eigenvalue weighted by molar-refractivity contribution is 0.269. The van der Waals surface area contributed by atoms with Crippen molar-refractivity contribution in [2.45, 2.75) is 20.1 Å². The van der Waals surface area contributed by atoms with Crippen LogP contribution in [0.3, 0.4) is 0 Å². The van der Waals surface area contributed by atoms with E-state index in [4.69, 9.17) is 21.1 Å². The Hall–Kier alpha value is -2.24. The first-order valence-corrected chi connectivity index (χ1v) is 9.27. The van der Waals surface area contributed by atoms with Crippen molar-refractivity contribution in [1.82, 2.24) is 4.98 Å². The fourth-order valence-electron chi connectivity index (χ4n) is 2.31. The van der Waals surface area contributed by atoms with Crippen LogP contribution in [-0.4, -0.2) is 11.6 Å². The molecule has 25 heavy (non-hydrogen) atoms. The van der Waals surface area contributed by atoms with Crippen LogP contribution >= 0.6 is 22.9 Å². The highest BCUT2D eigenvalue weighted by atomic mass is 35.5. The molecule has 6 heteroatoms. The van der Waals surface area contributed by atoms with Gasteiger partial charge in [-0.25, -0.2) is 4.98 Å². The van der Waals surface area contributed by atoms with E-state index in [1.165, 1.54) is 0 Å². The van der Waals surface area contributed by atoms with Crippen LogP contribution in [0.1, 0.15) is 18.1 Å². The van der Waals surface area contributed by atoms with Crippen molar-refractivity contribution in [3.63, 3.8) is 0 Å². The molecule has 0 atom stereocenters. The summed E-state index contributed by atoms with van der Waals surface area (Å²) in [6.07, 6.45) is 1.78. The van der Waals surface area contributed by atoms with Gasteiger partial charge in [-0.3, -0.25) is 0 Å². The molecule has 0 bridgehead atoms. The maximum Gasteiger partial charge on any atom is 0.182 e. The van der Waals surface area contributed by atoms with Gasteiger partial charge in [0, 0.05) is 28.7 Å². The van der Waals surface area contributed by atoms with Gasteiger partial charge in [0.2, 0.25) is 0 Å². The molecule has 0 amide bonds. The van der Waals surface area contributed by atoms with Gasteiger partial charge in [0.25, 0.3) is 0 Å². The number of hydrogen-bond donors (Lipinski definition) is 1. The monoisotopic (exact) mass is 374 g/mol. The van der Waals surface area contributed by atoms with Gasteiger partial charge in [-0.05, 0) is 30.7 Å². The van der Waals surface area contributed by atoms with Crippen molar-refractivity contribution < 1.29 is 9.47 Å². The number of hydrogen-bond acceptors (Lipinski definition) is 5. The molecule has 0 saturated heterocycles. The Labute approximate surface area is 156 Å². The zero-order valence-electron chi connectivity index (χ0n) is 13.9. The van der Waals surface area contributed by atoms with Crippen LogP contribution < -0.4 is 14.8 Å². The maximum absolute atomic E-state index is 6.18. The number of rotatable bonds is 8. The molecule has 0 unspecified atom stereocenters. The van der Waals surface area contributed by atoms with E-state index in [1.54, 1.807) is 17.5 Å². The summed E-state index contributed by atoms with van der Waals surface area (Å²) in [5.74, 6) is 1.44. The van der Waals surface area contributed by atoms with Crippen LogP contribution in [0.2, 0.25) is 5.02 Å². The molecule has 0 fully saturated rings. The number of anilines is 1. The second kappa shape index (κ2) is 8.74. The average molecular weight is 375 g/mol. The number of benzene rings is 2. The number of ether oxygens (including phenoxy) is 2. The van der Waals surface area contributed by atoms with E-state index in [-0.39, 0.29) is 0 Å². The molecule has 1 aromatic heterocycles. The molecule has 3 aromatic rings. The number of nitrogens with one attached hydrogen (secondary N) is 1. The largest absolute Gasteiger partial charge is 0.490 e. The lowest BCUT2D eigenvalue weighted by Crippen LogP contribution is -2.03. The summed E-state index contributed by atoms with van der Waals surface area (Å²) in [6, 6.07) is 13.6. The van der Waals surface area contributed by atoms with E-state index < -0.39 is 0 Å². The fourth-order valence-corrected chi connectivity index (χ4v) is 3.03. The van der Waals surface area contributed by atoms with E-state index in [2.05, 4.69) is 10.3 Å². The van der Waals surface area contributed by atoms with Crippen molar-refractivity contribution >= 4 is 28.1 Å². The molecule has 2 aromatic carbocycles. The minimum absolute atomic E-state index is 0.399. The van der Waals surface area contributed by atoms with E-state index in [0.717, 1.165) is 22.0 Å². The topological polar surface area (TPSA) is 43.4 Å². The van der Waals surface area contributed by atoms with Gasteiger partial charge < -0.3 is 14.8 Å². The third-order valence-electron chi connectivity index (χ3n) is 3.53. The summed E-state index contributed by atoms with van der Waals surface area (Å²) < 4.78 is 11.7. The van der Waals surface area contributed by atoms with Crippen LogP contribution in [0.15, 0.2) is 54.0 Å². The fraction of sp³-hybridized carbons (Fsp3) is 0.211. The smallest absolute Gasteiger partial charge is 0.182 e. The van der Waals surface area contributed by atoms with E-state index in [9.17, 15) is 0 Å². The molecule has 0 aliphatic rings. The second-order valence-corrected chi connectivity index (χ2v) is 6.59. The van der Waals surface area contributed by atoms with Gasteiger partial charge in [-0.2, -0.15) is 0 Å². The van der Waals surface area contributed by atoms with Crippen LogP contribution in [0.25, 0.3) is 0 Å². The zero-order valence-corrected chi connectivity index (χ0v) is 15.4. The van der Waals surface area contributed by atoms with Gasteiger partial charge in [0.05, 0.1) is 6.61 Å². The minimum Gasteiger partial charge on any atom is -0.490 e. The Kier molecular flexibility index (Phi) is 6.14. The van der Waals surface area contributed by atoms with Gasteiger partial charge in [0.1, 0.15) is 6.61 Å². The van der Waals surface area contributed by atoms with E-state index >= 15 is 0 Å². The number of halogens is 1. The minimum atomic E-state index is 0.399. The van der Waals surface area contributed by atoms with Crippen molar-refractivity contribution in [2.75, 3.05) is 11.9 Å². The first-order valence-electron chi connectivity index (χ1n) is 8.01. The summed E-state index contributed by atoms with van der Waals surface area (Å²) in [5, 5.41) is 6.83. The predicted octanol–water partition coefficient (Wildman–Crippen LogP) is 5.39. The summed E-state index contributed by atoms with van der Waals surface area (Å²) >= 11 is 7.76. The van der Waals surface area contributed by atoms with Gasteiger partial charge in [-0.1, -0.05) is 35.9 Å². The molecular weight excluding hydrogens is 356 g/mol. The Morgan fingerprint density at radius 1 is 1.12 bits per heavy atom. The second-order valence-electron chi connectivity index (χ2n) is 5.28. The first kappa shape index (κ1) is 17.6. The number of thiazole rings is 1. The first-order chi connectivity index (χ1) is 12.3. The molecule has 4 nitrogen and oxygen atoms in total. The third kappa shape index (κ3) is 4.87. The van der Waals surface area contributed by atoms with Crippen LogP contribution in [0.4, 0.5) is 5.13 Å². The molecule has 3 rings (SSSR count). The summed E-state index contributed by atoms with van der Waals surface area (Å²) in [7, 11) is 0. The quantitative estimate of drug-likeness (QED) is 0.574. The highest BCUT2D eigenvalue weighted by molar-refractivity contribution is 7.13. The van der Waals surface area contributed by atoms with Crippen molar-refractivity contribution in [3.05, 3.63) is 70.2 Å². The van der Waals surface area contributed by atoms with Gasteiger partial charge in [-0.15, -0.1) is 11.3 Å². The van der Waals surface area contributed by atoms with E-state index in [1.807, 2.05) is 54.8 Å². The SMILES string of the molecule is CCOc1cc(CNc2nccs2)ccc1OCc1ccccc1Cl. The summed E-state index contributed by atoms with van der Waals surface area (Å²) in [4.78, 5) is 4.22. The highest BCUT2D eigenvalue weighted by Gasteiger charge is 2.08. The zero-order chi connectivity index (χ0) is 17.5. The average Bonchev–Trinajstić information content (AvgIpc) is 3.14. The number of nitrogens with zero attached hydrogens (tertiary/aromatic N) is 1. The Morgan fingerprint density at radius 2 is 2.00 bits per heavy atom. The summed E-state index contributed by atoms with van der Waals surface area (Å²) in [5.41, 5.74) is 2.05. The van der Waals surface area contributed by atoms with Crippen LogP contribution in [0.5, 0.6) is 11.5 Å². The van der Waals surface area contributed by atoms with Crippen LogP contribution in [0, 0.1) is 0 Å². The van der Waals surface area contributed by atoms with Gasteiger partial charge >= 0.3 is 0 Å². The molecule has 0 spiro atoms. The van der Waals surface area contributed by atoms with Crippen molar-refractivity contribution in [1.29, 1.82) is 0 Å². The Morgan fingerprint density at radius 3 is 2.76 bits per heavy atom. The molecule has 130 valence electrons. The van der Waals surface area contributed by atoms with Gasteiger partial charge in [0.15, 0.2) is 16.6 Å². The Bertz CT molecular complexity index is 809. The maximum atomic E-state index is 6.18. The molecule has 0 aliphatic heterocycles. The van der Waals surface area contributed by atoms with E-state index in [0.29, 0.717) is 30.5 Å². The standard InChI is InChI=1S/C19H19ClN2O2S/c1-2-23-18-11-14(12-22-19-21-9-10-25-19)7-8-17(18)24-13-15-5-3-4-6-16(15)20/h3-11H,2,12-13H2,1H3,(H,21,22). The third-order valence-corrected chi connectivity index (χ3v) is 4.62. The molecule has 0 saturated carbocycles. The lowest BCUT2D eigenvalue weighted by atomic mass is 10.2. The molecule has 0 aliphatic carbocycles. The molecule has 0 radical (unpaired) electrons. The Balaban J connectivity index is 1.69. The lowest BCUT2D eigenvalue weighted by Gasteiger charge is -2.14. The molecule has 1 N–H and O–H groups in total. The number of aromatic nitrogens is 1. The van der Waals surface area contributed by atoms with Crippen molar-refractivity contribution in [3.8, 4) is 11.5 Å². The molecular formula is C19H19ClN2O2S. The molecule has 1 heterocycles. The van der Waals surface area contributed by atoms with Crippen LogP contribution in [-0.2, 0) is 13.2 Å². The normalized spacial score (nSPS) is 10.5. The summed E-state index contributed by atoms with van der Waals surface area (Å²) in [6.45, 7) is 3.61. The predicted molar refractivity (Wildman–Crippen MR) is 103 cm³/mol. The van der Waals surface area contributed by atoms with Crippen molar-refractivity contribution in [2.24, 2.45) is 0 Å².